The molecular formula is C8H17NO3S. The molecule has 1 aliphatic rings. The topological polar surface area (TPSA) is 57.6 Å². The molecule has 1 fully saturated rings. The summed E-state index contributed by atoms with van der Waals surface area (Å²) in [5.74, 6) is 0.506. The van der Waals surface area contributed by atoms with E-state index in [0.29, 0.717) is 19.5 Å². The maximum absolute atomic E-state index is 11.1. The van der Waals surface area contributed by atoms with Crippen LogP contribution in [0.2, 0.25) is 0 Å². The van der Waals surface area contributed by atoms with E-state index in [9.17, 15) is 8.42 Å². The largest absolute Gasteiger partial charge is 0.390 e. The molecule has 0 aliphatic carbocycles. The maximum atomic E-state index is 11.1. The van der Waals surface area contributed by atoms with Crippen LogP contribution in [-0.4, -0.2) is 55.7 Å². The first-order chi connectivity index (χ1) is 6.03. The third-order valence-corrected chi connectivity index (χ3v) is 4.10. The Bertz CT molecular complexity index is 244. The number of sulfone groups is 1. The second kappa shape index (κ2) is 4.39. The maximum Gasteiger partial charge on any atom is 0.150 e. The number of nitrogens with zero attached hydrogens (tertiary/aromatic N) is 1. The van der Waals surface area contributed by atoms with E-state index in [4.69, 9.17) is 5.11 Å². The average molecular weight is 207 g/mol. The summed E-state index contributed by atoms with van der Waals surface area (Å²) in [7, 11) is -2.80. The number of hydrogen-bond donors (Lipinski definition) is 1. The van der Waals surface area contributed by atoms with Crippen molar-refractivity contribution in [3.8, 4) is 0 Å². The van der Waals surface area contributed by atoms with Crippen molar-refractivity contribution in [3.05, 3.63) is 0 Å². The van der Waals surface area contributed by atoms with Gasteiger partial charge in [-0.05, 0) is 13.0 Å². The summed E-state index contributed by atoms with van der Waals surface area (Å²) < 4.78 is 22.2. The number of aliphatic hydroxyl groups excluding tert-OH is 1. The van der Waals surface area contributed by atoms with Gasteiger partial charge in [-0.15, -0.1) is 0 Å². The molecule has 0 saturated carbocycles. The van der Waals surface area contributed by atoms with Gasteiger partial charge in [0.05, 0.1) is 11.9 Å². The van der Waals surface area contributed by atoms with Gasteiger partial charge in [0.15, 0.2) is 0 Å². The van der Waals surface area contributed by atoms with Gasteiger partial charge < -0.3 is 5.11 Å². The molecule has 1 aliphatic heterocycles. The molecule has 4 nitrogen and oxygen atoms in total. The monoisotopic (exact) mass is 207 g/mol. The fourth-order valence-corrected chi connectivity index (χ4v) is 2.24. The Labute approximate surface area is 79.5 Å². The molecule has 1 rings (SSSR count). The van der Waals surface area contributed by atoms with Gasteiger partial charge in [-0.25, -0.2) is 8.42 Å². The van der Waals surface area contributed by atoms with Gasteiger partial charge in [-0.3, -0.25) is 4.90 Å². The Morgan fingerprint density at radius 2 is 2.08 bits per heavy atom. The minimum absolute atomic E-state index is 0.192. The molecule has 5 heteroatoms. The Hall–Kier alpha value is -0.130. The first-order valence-electron chi connectivity index (χ1n) is 4.64. The second-order valence-corrected chi connectivity index (χ2v) is 5.98. The first kappa shape index (κ1) is 10.9. The molecule has 0 aromatic rings. The van der Waals surface area contributed by atoms with E-state index >= 15 is 0 Å². The fraction of sp³-hybridized carbons (Fsp3) is 1.00. The first-order valence-corrected chi connectivity index (χ1v) is 6.46. The van der Waals surface area contributed by atoms with Crippen molar-refractivity contribution < 1.29 is 13.5 Å². The smallest absolute Gasteiger partial charge is 0.150 e. The van der Waals surface area contributed by atoms with Gasteiger partial charge in [0, 0.05) is 18.8 Å². The summed E-state index contributed by atoms with van der Waals surface area (Å²) in [6.07, 6.45) is 0.492. The van der Waals surface area contributed by atoms with Crippen molar-refractivity contribution in [1.82, 2.24) is 4.90 Å². The SMILES string of the molecule is CCS(=O)(=O)CCCN1CC(O)C1. The molecule has 0 radical (unpaired) electrons. The number of β-amino-alcohol motifs (C(OH)–C–C–N with tert-alkyl or cyclic N) is 1. The summed E-state index contributed by atoms with van der Waals surface area (Å²) in [6, 6.07) is 0. The van der Waals surface area contributed by atoms with Crippen molar-refractivity contribution in [2.45, 2.75) is 19.4 Å². The third-order valence-electron chi connectivity index (χ3n) is 2.31. The molecule has 13 heavy (non-hydrogen) atoms. The van der Waals surface area contributed by atoms with Crippen LogP contribution >= 0.6 is 0 Å². The molecule has 0 aromatic heterocycles. The highest BCUT2D eigenvalue weighted by molar-refractivity contribution is 7.91. The Morgan fingerprint density at radius 1 is 1.46 bits per heavy atom. The molecule has 1 heterocycles. The average Bonchev–Trinajstić information content (AvgIpc) is 2.01. The molecule has 0 spiro atoms. The molecule has 1 N–H and O–H groups in total. The predicted molar refractivity (Wildman–Crippen MR) is 51.4 cm³/mol. The predicted octanol–water partition coefficient (Wildman–Crippen LogP) is -0.512. The third kappa shape index (κ3) is 3.62. The van der Waals surface area contributed by atoms with Crippen LogP contribution in [0.4, 0.5) is 0 Å². The Balaban J connectivity index is 2.08. The zero-order valence-corrected chi connectivity index (χ0v) is 8.76. The number of likely N-dealkylation sites (tertiary alicyclic amines) is 1. The van der Waals surface area contributed by atoms with Gasteiger partial charge in [-0.1, -0.05) is 6.92 Å². The lowest BCUT2D eigenvalue weighted by Gasteiger charge is -2.35. The van der Waals surface area contributed by atoms with Crippen molar-refractivity contribution in [2.75, 3.05) is 31.1 Å². The highest BCUT2D eigenvalue weighted by Crippen LogP contribution is 2.07. The Kier molecular flexibility index (Phi) is 3.70. The summed E-state index contributed by atoms with van der Waals surface area (Å²) in [4.78, 5) is 2.07. The van der Waals surface area contributed by atoms with Gasteiger partial charge in [0.2, 0.25) is 0 Å². The Morgan fingerprint density at radius 3 is 2.54 bits per heavy atom. The van der Waals surface area contributed by atoms with Crippen LogP contribution < -0.4 is 0 Å². The van der Waals surface area contributed by atoms with Crippen molar-refractivity contribution >= 4 is 9.84 Å². The van der Waals surface area contributed by atoms with E-state index in [0.717, 1.165) is 6.54 Å². The van der Waals surface area contributed by atoms with Gasteiger partial charge in [0.25, 0.3) is 0 Å². The second-order valence-electron chi connectivity index (χ2n) is 3.50. The van der Waals surface area contributed by atoms with E-state index in [1.54, 1.807) is 6.92 Å². The van der Waals surface area contributed by atoms with Crippen LogP contribution in [0.3, 0.4) is 0 Å². The molecule has 0 aromatic carbocycles. The molecular weight excluding hydrogens is 190 g/mol. The standard InChI is InChI=1S/C8H17NO3S/c1-2-13(11,12)5-3-4-9-6-8(10)7-9/h8,10H,2-7H2,1H3. The zero-order chi connectivity index (χ0) is 9.90. The molecule has 0 atom stereocenters. The van der Waals surface area contributed by atoms with Crippen LogP contribution in [-0.2, 0) is 9.84 Å². The summed E-state index contributed by atoms with van der Waals surface area (Å²) >= 11 is 0. The minimum Gasteiger partial charge on any atom is -0.390 e. The quantitative estimate of drug-likeness (QED) is 0.659. The lowest BCUT2D eigenvalue weighted by Crippen LogP contribution is -2.51. The normalized spacial score (nSPS) is 20.2. The summed E-state index contributed by atoms with van der Waals surface area (Å²) in [5.41, 5.74) is 0. The lowest BCUT2D eigenvalue weighted by atomic mass is 10.2. The summed E-state index contributed by atoms with van der Waals surface area (Å²) in [6.45, 7) is 3.86. The number of hydrogen-bond acceptors (Lipinski definition) is 4. The summed E-state index contributed by atoms with van der Waals surface area (Å²) in [5, 5.41) is 8.96. The molecule has 0 amide bonds. The highest BCUT2D eigenvalue weighted by Gasteiger charge is 2.23. The lowest BCUT2D eigenvalue weighted by molar-refractivity contribution is 0.00265. The van der Waals surface area contributed by atoms with E-state index in [2.05, 4.69) is 4.90 Å². The molecule has 1 saturated heterocycles. The van der Waals surface area contributed by atoms with Crippen LogP contribution in [0.1, 0.15) is 13.3 Å². The van der Waals surface area contributed by atoms with Crippen LogP contribution in [0.5, 0.6) is 0 Å². The van der Waals surface area contributed by atoms with Gasteiger partial charge >= 0.3 is 0 Å². The van der Waals surface area contributed by atoms with E-state index in [1.807, 2.05) is 0 Å². The van der Waals surface area contributed by atoms with Crippen molar-refractivity contribution in [1.29, 1.82) is 0 Å². The van der Waals surface area contributed by atoms with Gasteiger partial charge in [0.1, 0.15) is 9.84 Å². The van der Waals surface area contributed by atoms with Crippen molar-refractivity contribution in [3.63, 3.8) is 0 Å². The van der Waals surface area contributed by atoms with Crippen LogP contribution in [0, 0.1) is 0 Å². The van der Waals surface area contributed by atoms with Gasteiger partial charge in [-0.2, -0.15) is 0 Å². The molecule has 0 bridgehead atoms. The van der Waals surface area contributed by atoms with Crippen LogP contribution in [0.15, 0.2) is 0 Å². The zero-order valence-electron chi connectivity index (χ0n) is 7.94. The van der Waals surface area contributed by atoms with Crippen LogP contribution in [0.25, 0.3) is 0 Å². The van der Waals surface area contributed by atoms with Crippen molar-refractivity contribution in [2.24, 2.45) is 0 Å². The number of aliphatic hydroxyl groups is 1. The molecule has 78 valence electrons. The van der Waals surface area contributed by atoms with E-state index in [-0.39, 0.29) is 17.6 Å². The fourth-order valence-electron chi connectivity index (χ4n) is 1.38. The highest BCUT2D eigenvalue weighted by atomic mass is 32.2. The minimum atomic E-state index is -2.80. The molecule has 0 unspecified atom stereocenters. The number of rotatable bonds is 5. The van der Waals surface area contributed by atoms with E-state index in [1.165, 1.54) is 0 Å². The van der Waals surface area contributed by atoms with E-state index < -0.39 is 9.84 Å².